The molecule has 0 aliphatic rings. The number of nitrogens with zero attached hydrogens (tertiary/aromatic N) is 9. The van der Waals surface area contributed by atoms with Gasteiger partial charge in [0.1, 0.15) is 23.7 Å². The molecule has 0 unspecified atom stereocenters. The van der Waals surface area contributed by atoms with Crippen LogP contribution in [0.3, 0.4) is 0 Å². The van der Waals surface area contributed by atoms with Crippen LogP contribution in [0.4, 0.5) is 33.2 Å². The van der Waals surface area contributed by atoms with Gasteiger partial charge in [0.15, 0.2) is 11.6 Å². The molecular formula is C78H100Br2N14O22. The first-order chi connectivity index (χ1) is 53.6. The predicted molar refractivity (Wildman–Crippen MR) is 436 cm³/mol. The molecule has 0 bridgehead atoms. The molecule has 0 fully saturated rings. The summed E-state index contributed by atoms with van der Waals surface area (Å²) in [5, 5.41) is 75.6. The number of nitro groups is 5. The van der Waals surface area contributed by atoms with Crippen molar-refractivity contribution in [3.8, 4) is 0 Å². The summed E-state index contributed by atoms with van der Waals surface area (Å²) < 4.78 is 5.14. The van der Waals surface area contributed by atoms with Crippen LogP contribution in [-0.4, -0.2) is 157 Å². The molecule has 5 amide bonds. The number of nitro benzene ring substituents is 5. The van der Waals surface area contributed by atoms with Gasteiger partial charge < -0.3 is 47.5 Å². The Morgan fingerprint density at radius 3 is 0.759 bits per heavy atom. The van der Waals surface area contributed by atoms with Gasteiger partial charge in [0.2, 0.25) is 23.6 Å². The molecule has 6 N–H and O–H groups in total. The molecule has 0 aromatic heterocycles. The van der Waals surface area contributed by atoms with Crippen molar-refractivity contribution < 1.29 is 92.0 Å². The highest BCUT2D eigenvalue weighted by molar-refractivity contribution is 9.09. The Labute approximate surface area is 687 Å². The number of Topliss-reactive ketones (excluding diaryl/α,β-unsaturated/α-hetero) is 4. The van der Waals surface area contributed by atoms with Gasteiger partial charge in [-0.3, -0.25) is 88.9 Å². The van der Waals surface area contributed by atoms with E-state index in [1.165, 1.54) is 97.1 Å². The standard InChI is InChI=1S/C16H21BrN2O4.2C16H20N4O4.C15H19BrN2O5.C15H20N2O5/c1-16(2,3)9-15(21)18-13(14(20)10-17)8-11-4-6-12(7-5-11)19(22)23;2*1-16(2,3)9-15(22)19-13(14(21)10-18-17)8-11-4-6-12(7-5-11)20(23)24;1-15(2,3)23-14(20)17-12(13(19)9-16)8-10-4-6-11(7-5-10)18(21)22;1-15(2,3)9-13(18)16-12(14(19)20)8-10-4-6-11(7-5-10)17(21)22/h4-7,13H,8-10H2,1-3H3,(H,18,21);2*4-7,10,13H,8-9H2,1-3H3,(H,19,22);4-7,12H,8-9H2,1-3H3,(H,17,20);4-7,12H,8-9H2,1-3H3,(H,16,18)(H,19,20)/t3*13-;2*12-/m00000/s1. The Kier molecular flexibility index (Phi) is 42.6. The minimum absolute atomic E-state index is 0.00566. The van der Waals surface area contributed by atoms with Crippen molar-refractivity contribution in [2.45, 2.75) is 197 Å². The van der Waals surface area contributed by atoms with Crippen molar-refractivity contribution in [3.05, 3.63) is 211 Å². The van der Waals surface area contributed by atoms with Crippen LogP contribution < -0.4 is 26.6 Å². The van der Waals surface area contributed by atoms with Crippen LogP contribution in [0.2, 0.25) is 0 Å². The van der Waals surface area contributed by atoms with E-state index in [9.17, 15) is 104 Å². The molecule has 5 aromatic carbocycles. The quantitative estimate of drug-likeness (QED) is 0.00567. The summed E-state index contributed by atoms with van der Waals surface area (Å²) >= 11 is 6.20. The van der Waals surface area contributed by atoms with Gasteiger partial charge in [-0.25, -0.2) is 9.59 Å². The van der Waals surface area contributed by atoms with Crippen molar-refractivity contribution in [1.82, 2.24) is 26.6 Å². The molecule has 0 aliphatic carbocycles. The summed E-state index contributed by atoms with van der Waals surface area (Å²) in [6, 6.07) is 24.5. The third-order valence-corrected chi connectivity index (χ3v) is 16.2. The first-order valence-electron chi connectivity index (χ1n) is 35.7. The molecule has 0 saturated heterocycles. The summed E-state index contributed by atoms with van der Waals surface area (Å²) in [5.41, 5.74) is 18.6. The molecule has 5 atom stereocenters. The topological polar surface area (TPSA) is 549 Å². The van der Waals surface area contributed by atoms with Crippen LogP contribution in [0.5, 0.6) is 0 Å². The van der Waals surface area contributed by atoms with E-state index in [1.54, 1.807) is 45.0 Å². The number of carbonyl (C=O) groups is 10. The zero-order valence-corrected chi connectivity index (χ0v) is 70.3. The van der Waals surface area contributed by atoms with E-state index >= 15 is 0 Å². The Balaban J connectivity index is 0.000000725. The lowest BCUT2D eigenvalue weighted by molar-refractivity contribution is -0.385. The highest BCUT2D eigenvalue weighted by Crippen LogP contribution is 2.24. The largest absolute Gasteiger partial charge is 0.480 e. The van der Waals surface area contributed by atoms with Gasteiger partial charge in [0.25, 0.3) is 40.0 Å². The second-order valence-corrected chi connectivity index (χ2v) is 33.2. The van der Waals surface area contributed by atoms with Crippen LogP contribution in [0.15, 0.2) is 121 Å². The van der Waals surface area contributed by atoms with Gasteiger partial charge >= 0.3 is 24.5 Å². The zero-order valence-electron chi connectivity index (χ0n) is 67.2. The van der Waals surface area contributed by atoms with Crippen LogP contribution in [0.1, 0.15) is 157 Å². The molecule has 0 spiro atoms. The number of non-ortho nitro benzene ring substituents is 5. The van der Waals surface area contributed by atoms with Gasteiger partial charge in [0.05, 0.1) is 47.4 Å². The second kappa shape index (κ2) is 48.4. The number of halogens is 2. The maximum atomic E-state index is 12.1. The average Bonchev–Trinajstić information content (AvgIpc) is 0.883. The number of ketones is 4. The molecule has 116 heavy (non-hydrogen) atoms. The number of rotatable bonds is 33. The number of ether oxygens (including phenoxy) is 1. The van der Waals surface area contributed by atoms with Crippen molar-refractivity contribution in [1.29, 1.82) is 0 Å². The molecule has 5 aromatic rings. The van der Waals surface area contributed by atoms with Crippen LogP contribution in [-0.2, 0) is 80.0 Å². The summed E-state index contributed by atoms with van der Waals surface area (Å²) in [6.07, 6.45) is 2.65. The van der Waals surface area contributed by atoms with Gasteiger partial charge in [-0.05, 0) is 83.1 Å². The lowest BCUT2D eigenvalue weighted by Gasteiger charge is -2.23. The Bertz CT molecular complexity index is 4120. The molecule has 36 nitrogen and oxygen atoms in total. The third kappa shape index (κ3) is 44.5. The fraction of sp³-hybridized carbons (Fsp3) is 0.462. The van der Waals surface area contributed by atoms with Crippen molar-refractivity contribution >= 4 is 132 Å². The normalized spacial score (nSPS) is 12.2. The Hall–Kier alpha value is -11.9. The molecule has 628 valence electrons. The Morgan fingerprint density at radius 2 is 0.569 bits per heavy atom. The smallest absolute Gasteiger partial charge is 0.408 e. The number of carbonyl (C=O) groups excluding carboxylic acids is 9. The van der Waals surface area contributed by atoms with Gasteiger partial charge in [-0.1, -0.05) is 176 Å². The van der Waals surface area contributed by atoms with E-state index in [2.05, 4.69) is 68.0 Å². The summed E-state index contributed by atoms with van der Waals surface area (Å²) in [7, 11) is 0. The van der Waals surface area contributed by atoms with E-state index in [0.29, 0.717) is 35.1 Å². The number of aliphatic carboxylic acids is 1. The number of alkyl halides is 2. The molecule has 0 heterocycles. The number of hydrogen-bond donors (Lipinski definition) is 6. The second-order valence-electron chi connectivity index (χ2n) is 32.1. The van der Waals surface area contributed by atoms with E-state index in [4.69, 9.17) is 15.8 Å². The number of carboxylic acid groups (broad SMARTS) is 1. The summed E-state index contributed by atoms with van der Waals surface area (Å²) in [4.78, 5) is 175. The maximum absolute atomic E-state index is 12.1. The molecule has 38 heteroatoms. The fourth-order valence-electron chi connectivity index (χ4n) is 9.92. The highest BCUT2D eigenvalue weighted by atomic mass is 79.9. The Morgan fingerprint density at radius 1 is 0.371 bits per heavy atom. The van der Waals surface area contributed by atoms with Crippen molar-refractivity contribution in [2.75, 3.05) is 10.7 Å². The molecule has 5 rings (SSSR count). The number of alkyl carbamates (subject to hydrolysis) is 1. The van der Waals surface area contributed by atoms with E-state index in [1.807, 2.05) is 83.1 Å². The number of benzene rings is 5. The zero-order chi connectivity index (χ0) is 88.8. The lowest BCUT2D eigenvalue weighted by Crippen LogP contribution is -2.45. The number of carboxylic acids is 1. The molecule has 0 saturated carbocycles. The fourth-order valence-corrected chi connectivity index (χ4v) is 10.7. The number of hydrogen-bond acceptors (Lipinski definition) is 21. The molecule has 0 radical (unpaired) electrons. The summed E-state index contributed by atoms with van der Waals surface area (Å²) in [5.74, 6) is -3.71. The lowest BCUT2D eigenvalue weighted by atomic mass is 9.91. The van der Waals surface area contributed by atoms with Crippen LogP contribution in [0.25, 0.3) is 11.1 Å². The van der Waals surface area contributed by atoms with E-state index < -0.39 is 84.1 Å². The van der Waals surface area contributed by atoms with E-state index in [-0.39, 0.29) is 141 Å². The van der Waals surface area contributed by atoms with Gasteiger partial charge in [-0.15, -0.1) is 0 Å². The molecular weight excluding hydrogens is 1640 g/mol. The van der Waals surface area contributed by atoms with Gasteiger partial charge in [0, 0.05) is 106 Å². The van der Waals surface area contributed by atoms with Crippen LogP contribution in [0, 0.1) is 72.2 Å². The highest BCUT2D eigenvalue weighted by Gasteiger charge is 2.31. The first kappa shape index (κ1) is 102. The maximum Gasteiger partial charge on any atom is 0.408 e. The SMILES string of the molecule is CC(C)(C)CC(=O)N[C@@H](Cc1ccc([N+](=O)[O-])cc1)C(=O)C=[N+]=[N-].CC(C)(C)CC(=O)N[C@@H](Cc1ccc([N+](=O)[O-])cc1)C(=O)C=[N+]=[N-].CC(C)(C)CC(=O)N[C@@H](Cc1ccc([N+](=O)[O-])cc1)C(=O)CBr.CC(C)(C)CC(=O)N[C@@H](Cc1ccc([N+](=O)[O-])cc1)C(=O)O.CC(C)(C)OC(=O)N[C@@H](Cc1ccc([N+](=O)[O-])cc1)C(=O)CBr. The number of amides is 5. The first-order valence-corrected chi connectivity index (χ1v) is 38.0. The van der Waals surface area contributed by atoms with Crippen molar-refractivity contribution in [2.24, 2.45) is 21.7 Å². The molecule has 0 aliphatic heterocycles. The van der Waals surface area contributed by atoms with Crippen LogP contribution >= 0.6 is 31.9 Å². The summed E-state index contributed by atoms with van der Waals surface area (Å²) in [6.45, 7) is 28.1. The monoisotopic (exact) mass is 1740 g/mol. The van der Waals surface area contributed by atoms with Crippen molar-refractivity contribution in [3.63, 3.8) is 0 Å². The van der Waals surface area contributed by atoms with E-state index in [0.717, 1.165) is 18.0 Å². The number of nitrogens with one attached hydrogen (secondary N) is 5. The van der Waals surface area contributed by atoms with Gasteiger partial charge in [-0.2, -0.15) is 9.58 Å². The minimum atomic E-state index is -1.14. The third-order valence-electron chi connectivity index (χ3n) is 15.1. The minimum Gasteiger partial charge on any atom is -0.480 e. The average molecular weight is 1750 g/mol. The predicted octanol–water partition coefficient (Wildman–Crippen LogP) is 12.0.